The van der Waals surface area contributed by atoms with E-state index in [9.17, 15) is 4.79 Å². The first kappa shape index (κ1) is 7.98. The SMILES string of the molecule is COc1ccc2c(c1)CC(C=O)=N2. The highest BCUT2D eigenvalue weighted by molar-refractivity contribution is 6.31. The fourth-order valence-electron chi connectivity index (χ4n) is 1.40. The molecule has 0 saturated heterocycles. The Morgan fingerprint density at radius 3 is 3.08 bits per heavy atom. The molecule has 0 atom stereocenters. The highest BCUT2D eigenvalue weighted by Crippen LogP contribution is 2.29. The summed E-state index contributed by atoms with van der Waals surface area (Å²) in [5, 5.41) is 0. The van der Waals surface area contributed by atoms with Crippen molar-refractivity contribution in [1.29, 1.82) is 0 Å². The Hall–Kier alpha value is -1.64. The van der Waals surface area contributed by atoms with E-state index in [0.29, 0.717) is 12.1 Å². The zero-order valence-electron chi connectivity index (χ0n) is 7.28. The quantitative estimate of drug-likeness (QED) is 0.639. The van der Waals surface area contributed by atoms with E-state index in [1.807, 2.05) is 18.2 Å². The third-order valence-electron chi connectivity index (χ3n) is 2.06. The molecule has 1 aromatic rings. The number of fused-ring (bicyclic) bond motifs is 1. The number of carbonyl (C=O) groups excluding carboxylic acids is 1. The molecule has 13 heavy (non-hydrogen) atoms. The van der Waals surface area contributed by atoms with Crippen molar-refractivity contribution in [2.45, 2.75) is 6.42 Å². The van der Waals surface area contributed by atoms with E-state index in [-0.39, 0.29) is 0 Å². The number of aliphatic imine (C=N–C) groups is 1. The lowest BCUT2D eigenvalue weighted by atomic mass is 10.1. The van der Waals surface area contributed by atoms with E-state index in [4.69, 9.17) is 4.74 Å². The van der Waals surface area contributed by atoms with Crippen molar-refractivity contribution in [3.8, 4) is 5.75 Å². The molecule has 1 aliphatic heterocycles. The molecule has 0 radical (unpaired) electrons. The predicted octanol–water partition coefficient (Wildman–Crippen LogP) is 1.52. The zero-order valence-corrected chi connectivity index (χ0v) is 7.28. The lowest BCUT2D eigenvalue weighted by Crippen LogP contribution is -1.97. The molecule has 0 aromatic heterocycles. The van der Waals surface area contributed by atoms with Gasteiger partial charge >= 0.3 is 0 Å². The van der Waals surface area contributed by atoms with Gasteiger partial charge in [0.2, 0.25) is 0 Å². The summed E-state index contributed by atoms with van der Waals surface area (Å²) in [4.78, 5) is 14.6. The summed E-state index contributed by atoms with van der Waals surface area (Å²) >= 11 is 0. The number of benzene rings is 1. The van der Waals surface area contributed by atoms with Crippen LogP contribution < -0.4 is 4.74 Å². The van der Waals surface area contributed by atoms with Gasteiger partial charge in [-0.05, 0) is 23.8 Å². The fourth-order valence-corrected chi connectivity index (χ4v) is 1.40. The topological polar surface area (TPSA) is 38.7 Å². The van der Waals surface area contributed by atoms with Crippen LogP contribution in [0.1, 0.15) is 5.56 Å². The predicted molar refractivity (Wildman–Crippen MR) is 49.9 cm³/mol. The molecule has 0 unspecified atom stereocenters. The second kappa shape index (κ2) is 3.01. The second-order valence-corrected chi connectivity index (χ2v) is 2.89. The third kappa shape index (κ3) is 1.33. The zero-order chi connectivity index (χ0) is 9.26. The molecule has 0 saturated carbocycles. The molecule has 2 rings (SSSR count). The summed E-state index contributed by atoms with van der Waals surface area (Å²) in [6, 6.07) is 5.62. The van der Waals surface area contributed by atoms with Gasteiger partial charge in [-0.3, -0.25) is 4.79 Å². The molecule has 0 fully saturated rings. The molecule has 1 aliphatic rings. The van der Waals surface area contributed by atoms with Gasteiger partial charge in [0.05, 0.1) is 18.5 Å². The Kier molecular flexibility index (Phi) is 1.85. The van der Waals surface area contributed by atoms with Gasteiger partial charge < -0.3 is 4.74 Å². The number of carbonyl (C=O) groups is 1. The number of methoxy groups -OCH3 is 1. The lowest BCUT2D eigenvalue weighted by molar-refractivity contribution is -0.102. The van der Waals surface area contributed by atoms with Crippen molar-refractivity contribution in [3.05, 3.63) is 23.8 Å². The Balaban J connectivity index is 2.38. The first-order chi connectivity index (χ1) is 6.33. The van der Waals surface area contributed by atoms with Gasteiger partial charge in [-0.25, -0.2) is 4.99 Å². The number of hydrogen-bond acceptors (Lipinski definition) is 3. The van der Waals surface area contributed by atoms with Crippen molar-refractivity contribution >= 4 is 17.7 Å². The van der Waals surface area contributed by atoms with E-state index in [1.165, 1.54) is 0 Å². The maximum absolute atomic E-state index is 10.5. The van der Waals surface area contributed by atoms with E-state index in [1.54, 1.807) is 7.11 Å². The van der Waals surface area contributed by atoms with E-state index < -0.39 is 0 Å². The molecule has 0 aliphatic carbocycles. The normalized spacial score (nSPS) is 13.5. The maximum atomic E-state index is 10.5. The van der Waals surface area contributed by atoms with Crippen LogP contribution in [0.2, 0.25) is 0 Å². The smallest absolute Gasteiger partial charge is 0.164 e. The molecule has 66 valence electrons. The van der Waals surface area contributed by atoms with E-state index >= 15 is 0 Å². The Morgan fingerprint density at radius 1 is 1.54 bits per heavy atom. The van der Waals surface area contributed by atoms with Crippen molar-refractivity contribution < 1.29 is 9.53 Å². The average Bonchev–Trinajstić information content (AvgIpc) is 2.58. The van der Waals surface area contributed by atoms with Gasteiger partial charge in [-0.2, -0.15) is 0 Å². The van der Waals surface area contributed by atoms with Crippen molar-refractivity contribution in [2.75, 3.05) is 7.11 Å². The Labute approximate surface area is 76.1 Å². The summed E-state index contributed by atoms with van der Waals surface area (Å²) < 4.78 is 5.07. The van der Waals surface area contributed by atoms with Crippen LogP contribution in [0.5, 0.6) is 5.75 Å². The standard InChI is InChI=1S/C10H9NO2/c1-13-9-2-3-10-7(5-9)4-8(6-12)11-10/h2-3,5-6H,4H2,1H3. The highest BCUT2D eigenvalue weighted by atomic mass is 16.5. The van der Waals surface area contributed by atoms with E-state index in [0.717, 1.165) is 23.3 Å². The van der Waals surface area contributed by atoms with Crippen molar-refractivity contribution in [3.63, 3.8) is 0 Å². The summed E-state index contributed by atoms with van der Waals surface area (Å²) in [7, 11) is 1.62. The first-order valence-corrected chi connectivity index (χ1v) is 4.03. The lowest BCUT2D eigenvalue weighted by Gasteiger charge is -2.01. The Bertz CT molecular complexity index is 383. The third-order valence-corrected chi connectivity index (χ3v) is 2.06. The van der Waals surface area contributed by atoms with Crippen LogP contribution >= 0.6 is 0 Å². The van der Waals surface area contributed by atoms with Crippen molar-refractivity contribution in [1.82, 2.24) is 0 Å². The molecule has 1 heterocycles. The number of hydrogen-bond donors (Lipinski definition) is 0. The van der Waals surface area contributed by atoms with Crippen LogP contribution in [0.4, 0.5) is 5.69 Å². The molecule has 0 bridgehead atoms. The molecule has 0 spiro atoms. The monoisotopic (exact) mass is 175 g/mol. The van der Waals surface area contributed by atoms with E-state index in [2.05, 4.69) is 4.99 Å². The minimum atomic E-state index is 0.586. The Morgan fingerprint density at radius 2 is 2.38 bits per heavy atom. The number of aldehydes is 1. The fraction of sp³-hybridized carbons (Fsp3) is 0.200. The molecule has 0 amide bonds. The first-order valence-electron chi connectivity index (χ1n) is 4.03. The molecule has 3 nitrogen and oxygen atoms in total. The summed E-state index contributed by atoms with van der Waals surface area (Å²) in [5.74, 6) is 0.807. The van der Waals surface area contributed by atoms with Crippen LogP contribution in [0, 0.1) is 0 Å². The molecular formula is C10H9NO2. The van der Waals surface area contributed by atoms with Crippen molar-refractivity contribution in [2.24, 2.45) is 4.99 Å². The second-order valence-electron chi connectivity index (χ2n) is 2.89. The van der Waals surface area contributed by atoms with Gasteiger partial charge in [-0.1, -0.05) is 0 Å². The number of ether oxygens (including phenoxy) is 1. The summed E-state index contributed by atoms with van der Waals surface area (Å²) in [6.45, 7) is 0. The molecule has 1 aromatic carbocycles. The summed E-state index contributed by atoms with van der Waals surface area (Å²) in [6.07, 6.45) is 1.42. The highest BCUT2D eigenvalue weighted by Gasteiger charge is 2.13. The van der Waals surface area contributed by atoms with Gasteiger partial charge in [-0.15, -0.1) is 0 Å². The van der Waals surface area contributed by atoms with Gasteiger partial charge in [0.1, 0.15) is 5.75 Å². The van der Waals surface area contributed by atoms with Crippen LogP contribution in [0.25, 0.3) is 0 Å². The number of nitrogens with zero attached hydrogens (tertiary/aromatic N) is 1. The largest absolute Gasteiger partial charge is 0.497 e. The van der Waals surface area contributed by atoms with Gasteiger partial charge in [0.25, 0.3) is 0 Å². The maximum Gasteiger partial charge on any atom is 0.164 e. The average molecular weight is 175 g/mol. The molecule has 0 N–H and O–H groups in total. The van der Waals surface area contributed by atoms with Crippen LogP contribution in [-0.4, -0.2) is 19.1 Å². The van der Waals surface area contributed by atoms with Crippen LogP contribution in [-0.2, 0) is 11.2 Å². The van der Waals surface area contributed by atoms with Gasteiger partial charge in [0, 0.05) is 6.42 Å². The van der Waals surface area contributed by atoms with Gasteiger partial charge in [0.15, 0.2) is 6.29 Å². The minimum Gasteiger partial charge on any atom is -0.497 e. The molecule has 3 heteroatoms. The van der Waals surface area contributed by atoms with Crippen LogP contribution in [0.15, 0.2) is 23.2 Å². The minimum absolute atomic E-state index is 0.586. The number of rotatable bonds is 2. The van der Waals surface area contributed by atoms with Crippen LogP contribution in [0.3, 0.4) is 0 Å². The molecular weight excluding hydrogens is 166 g/mol. The summed E-state index contributed by atoms with van der Waals surface area (Å²) in [5.41, 5.74) is 2.52.